The Morgan fingerprint density at radius 2 is 1.55 bits per heavy atom. The summed E-state index contributed by atoms with van der Waals surface area (Å²) in [4.78, 5) is 0. The molecule has 1 fully saturated rings. The number of allylic oxidation sites excluding steroid dienone is 3. The highest BCUT2D eigenvalue weighted by atomic mass is 19.4. The van der Waals surface area contributed by atoms with Gasteiger partial charge in [-0.05, 0) is 87.3 Å². The van der Waals surface area contributed by atoms with Crippen LogP contribution in [0.5, 0.6) is 5.75 Å². The second-order valence-corrected chi connectivity index (χ2v) is 10.6. The van der Waals surface area contributed by atoms with Crippen LogP contribution in [0.4, 0.5) is 30.7 Å². The molecule has 0 N–H and O–H groups in total. The molecule has 1 saturated carbocycles. The molecule has 2 aliphatic carbocycles. The van der Waals surface area contributed by atoms with Crippen molar-refractivity contribution in [3.05, 3.63) is 89.0 Å². The van der Waals surface area contributed by atoms with E-state index in [1.54, 1.807) is 5.57 Å². The number of alkyl halides is 5. The Labute approximate surface area is 229 Å². The number of hydrogen-bond donors (Lipinski definition) is 0. The molecule has 218 valence electrons. The third kappa shape index (κ3) is 7.68. The highest BCUT2D eigenvalue weighted by Gasteiger charge is 2.40. The Kier molecular flexibility index (Phi) is 9.64. The number of ether oxygens (including phenoxy) is 2. The van der Waals surface area contributed by atoms with E-state index in [9.17, 15) is 30.7 Å². The van der Waals surface area contributed by atoms with Crippen molar-refractivity contribution in [3.63, 3.8) is 0 Å². The molecule has 9 heteroatoms. The SMILES string of the molecule is C=CCCC1CC=C(C2CCC(OCc3ccc(C(F)(F)Oc4cc(F)c(C(F)(F)F)c(F)c4)cc3)CC2)CC1. The zero-order valence-electron chi connectivity index (χ0n) is 22.1. The van der Waals surface area contributed by atoms with Gasteiger partial charge in [-0.1, -0.05) is 29.9 Å². The maximum atomic E-state index is 14.6. The monoisotopic (exact) mass is 570 g/mol. The van der Waals surface area contributed by atoms with E-state index in [4.69, 9.17) is 4.74 Å². The molecule has 2 aliphatic rings. The summed E-state index contributed by atoms with van der Waals surface area (Å²) >= 11 is 0. The van der Waals surface area contributed by atoms with Gasteiger partial charge in [-0.15, -0.1) is 6.58 Å². The van der Waals surface area contributed by atoms with Crippen LogP contribution in [0.25, 0.3) is 0 Å². The van der Waals surface area contributed by atoms with Gasteiger partial charge in [-0.25, -0.2) is 8.78 Å². The van der Waals surface area contributed by atoms with E-state index in [1.165, 1.54) is 31.4 Å². The van der Waals surface area contributed by atoms with Crippen molar-refractivity contribution < 1.29 is 40.2 Å². The van der Waals surface area contributed by atoms with Crippen LogP contribution in [0.3, 0.4) is 0 Å². The van der Waals surface area contributed by atoms with Crippen molar-refractivity contribution in [1.29, 1.82) is 0 Å². The van der Waals surface area contributed by atoms with Gasteiger partial charge in [0.05, 0.1) is 18.3 Å². The van der Waals surface area contributed by atoms with Crippen LogP contribution < -0.4 is 4.74 Å². The van der Waals surface area contributed by atoms with Crippen molar-refractivity contribution in [3.8, 4) is 5.75 Å². The van der Waals surface area contributed by atoms with Crippen LogP contribution in [-0.2, 0) is 23.6 Å². The number of hydrogen-bond acceptors (Lipinski definition) is 2. The zero-order valence-corrected chi connectivity index (χ0v) is 22.1. The summed E-state index contributed by atoms with van der Waals surface area (Å²) in [6, 6.07) is 5.21. The molecule has 0 saturated heterocycles. The van der Waals surface area contributed by atoms with E-state index in [0.29, 0.717) is 11.5 Å². The second kappa shape index (κ2) is 12.8. The van der Waals surface area contributed by atoms with Crippen molar-refractivity contribution in [2.45, 2.75) is 82.8 Å². The summed E-state index contributed by atoms with van der Waals surface area (Å²) in [5, 5.41) is 0. The smallest absolute Gasteiger partial charge is 0.426 e. The average molecular weight is 571 g/mol. The van der Waals surface area contributed by atoms with Gasteiger partial charge < -0.3 is 9.47 Å². The van der Waals surface area contributed by atoms with Crippen LogP contribution >= 0.6 is 0 Å². The molecule has 40 heavy (non-hydrogen) atoms. The first-order valence-corrected chi connectivity index (χ1v) is 13.6. The first-order valence-electron chi connectivity index (χ1n) is 13.6. The fourth-order valence-electron chi connectivity index (χ4n) is 5.59. The van der Waals surface area contributed by atoms with Crippen molar-refractivity contribution in [2.24, 2.45) is 11.8 Å². The first kappa shape index (κ1) is 30.2. The normalized spacial score (nSPS) is 22.1. The van der Waals surface area contributed by atoms with E-state index in [-0.39, 0.29) is 24.8 Å². The highest BCUT2D eigenvalue weighted by Crippen LogP contribution is 2.40. The van der Waals surface area contributed by atoms with Gasteiger partial charge in [0.2, 0.25) is 0 Å². The molecule has 2 aromatic rings. The Morgan fingerprint density at radius 3 is 2.10 bits per heavy atom. The van der Waals surface area contributed by atoms with Gasteiger partial charge in [-0.3, -0.25) is 0 Å². The molecule has 0 heterocycles. The van der Waals surface area contributed by atoms with Crippen molar-refractivity contribution >= 4 is 0 Å². The Balaban J connectivity index is 1.26. The lowest BCUT2D eigenvalue weighted by Gasteiger charge is -2.33. The van der Waals surface area contributed by atoms with Gasteiger partial charge in [0.25, 0.3) is 0 Å². The minimum atomic E-state index is -5.31. The minimum Gasteiger partial charge on any atom is -0.429 e. The highest BCUT2D eigenvalue weighted by molar-refractivity contribution is 5.33. The number of benzene rings is 2. The fraction of sp³-hybridized carbons (Fsp3) is 0.484. The summed E-state index contributed by atoms with van der Waals surface area (Å²) < 4.78 is 105. The summed E-state index contributed by atoms with van der Waals surface area (Å²) in [6.07, 6.45) is 5.03. The molecule has 0 amide bonds. The van der Waals surface area contributed by atoms with Crippen LogP contribution in [-0.4, -0.2) is 6.10 Å². The summed E-state index contributed by atoms with van der Waals surface area (Å²) in [5.41, 5.74) is -0.548. The third-order valence-electron chi connectivity index (χ3n) is 7.85. The molecule has 0 radical (unpaired) electrons. The lowest BCUT2D eigenvalue weighted by atomic mass is 9.76. The van der Waals surface area contributed by atoms with Gasteiger partial charge in [0, 0.05) is 12.1 Å². The van der Waals surface area contributed by atoms with Gasteiger partial charge in [0.1, 0.15) is 22.9 Å². The number of rotatable bonds is 10. The Morgan fingerprint density at radius 1 is 0.900 bits per heavy atom. The lowest BCUT2D eigenvalue weighted by molar-refractivity contribution is -0.185. The topological polar surface area (TPSA) is 18.5 Å². The molecule has 0 spiro atoms. The molecule has 2 nitrogen and oxygen atoms in total. The molecule has 1 atom stereocenters. The van der Waals surface area contributed by atoms with Crippen molar-refractivity contribution in [2.75, 3.05) is 0 Å². The largest absolute Gasteiger partial charge is 0.429 e. The fourth-order valence-corrected chi connectivity index (χ4v) is 5.59. The van der Waals surface area contributed by atoms with E-state index in [2.05, 4.69) is 17.4 Å². The minimum absolute atomic E-state index is 0.0860. The van der Waals surface area contributed by atoms with Crippen LogP contribution in [0, 0.1) is 23.5 Å². The molecule has 4 rings (SSSR count). The Hall–Kier alpha value is -2.81. The molecule has 1 unspecified atom stereocenters. The Bertz CT molecular complexity index is 1160. The van der Waals surface area contributed by atoms with Crippen LogP contribution in [0.1, 0.15) is 74.5 Å². The van der Waals surface area contributed by atoms with Crippen molar-refractivity contribution in [1.82, 2.24) is 0 Å². The molecule has 0 aliphatic heterocycles. The third-order valence-corrected chi connectivity index (χ3v) is 7.85. The summed E-state index contributed by atoms with van der Waals surface area (Å²) in [7, 11) is 0. The first-order chi connectivity index (χ1) is 19.0. The van der Waals surface area contributed by atoms with E-state index in [0.717, 1.165) is 56.6 Å². The summed E-state index contributed by atoms with van der Waals surface area (Å²) in [5.74, 6) is -3.78. The van der Waals surface area contributed by atoms with Crippen LogP contribution in [0.15, 0.2) is 60.7 Å². The van der Waals surface area contributed by atoms with E-state index in [1.807, 2.05) is 6.08 Å². The number of halogens is 7. The molecule has 0 aromatic heterocycles. The average Bonchev–Trinajstić information content (AvgIpc) is 2.90. The van der Waals surface area contributed by atoms with E-state index < -0.39 is 40.8 Å². The second-order valence-electron chi connectivity index (χ2n) is 10.6. The standard InChI is InChI=1S/C31H33F7O2/c1-2-3-4-20-5-9-22(10-6-20)23-11-15-25(16-12-23)39-19-21-7-13-24(14-8-21)31(37,38)40-26-17-27(32)29(28(33)18-26)30(34,35)36/h2,7-9,13-14,17-18,20,23,25H,1,3-6,10-12,15-16,19H2. The lowest BCUT2D eigenvalue weighted by Crippen LogP contribution is -2.24. The molecular weight excluding hydrogens is 537 g/mol. The maximum Gasteiger partial charge on any atom is 0.426 e. The predicted molar refractivity (Wildman–Crippen MR) is 138 cm³/mol. The maximum absolute atomic E-state index is 14.6. The molecule has 2 aromatic carbocycles. The van der Waals surface area contributed by atoms with E-state index >= 15 is 0 Å². The van der Waals surface area contributed by atoms with Gasteiger partial charge in [-0.2, -0.15) is 22.0 Å². The quantitative estimate of drug-likeness (QED) is 0.209. The van der Waals surface area contributed by atoms with Gasteiger partial charge in [0.15, 0.2) is 0 Å². The zero-order chi connectivity index (χ0) is 28.9. The molecule has 0 bridgehead atoms. The summed E-state index contributed by atoms with van der Waals surface area (Å²) in [6.45, 7) is 4.05. The molecular formula is C31H33F7O2. The van der Waals surface area contributed by atoms with Gasteiger partial charge >= 0.3 is 12.3 Å². The van der Waals surface area contributed by atoms with Crippen LogP contribution in [0.2, 0.25) is 0 Å². The predicted octanol–water partition coefficient (Wildman–Crippen LogP) is 9.88.